The van der Waals surface area contributed by atoms with Gasteiger partial charge in [-0.05, 0) is 30.4 Å². The summed E-state index contributed by atoms with van der Waals surface area (Å²) in [6.07, 6.45) is 4.72. The maximum atomic E-state index is 13.1. The summed E-state index contributed by atoms with van der Waals surface area (Å²) in [5, 5.41) is 6.33. The highest BCUT2D eigenvalue weighted by atomic mass is 35.5. The number of piperidine rings is 1. The van der Waals surface area contributed by atoms with E-state index in [4.69, 9.17) is 40.6 Å². The maximum absolute atomic E-state index is 13.1. The average Bonchev–Trinajstić information content (AvgIpc) is 3.19. The molecule has 0 unspecified atom stereocenters. The number of fused-ring (bicyclic) bond motifs is 1. The molecular formula is C24H25Cl2N7O. The number of anilines is 1. The number of allylic oxidation sites excluding steroid dienone is 1. The Hall–Kier alpha value is -3.15. The second kappa shape index (κ2) is 9.24. The number of hydrogen-bond acceptors (Lipinski definition) is 5. The van der Waals surface area contributed by atoms with E-state index < -0.39 is 0 Å². The first-order valence-corrected chi connectivity index (χ1v) is 11.7. The van der Waals surface area contributed by atoms with Gasteiger partial charge in [0.1, 0.15) is 17.8 Å². The van der Waals surface area contributed by atoms with Gasteiger partial charge in [0.15, 0.2) is 5.65 Å². The van der Waals surface area contributed by atoms with Gasteiger partial charge in [-0.3, -0.25) is 4.79 Å². The molecule has 1 aliphatic rings. The van der Waals surface area contributed by atoms with Gasteiger partial charge >= 0.3 is 0 Å². The van der Waals surface area contributed by atoms with Crippen molar-refractivity contribution in [2.75, 3.05) is 18.8 Å². The Labute approximate surface area is 208 Å². The van der Waals surface area contributed by atoms with Crippen LogP contribution in [0.1, 0.15) is 39.7 Å². The molecule has 4 rings (SSSR count). The van der Waals surface area contributed by atoms with Crippen LogP contribution in [0, 0.1) is 12.0 Å². The van der Waals surface area contributed by atoms with Crippen LogP contribution in [0.5, 0.6) is 0 Å². The Kier molecular flexibility index (Phi) is 6.52. The van der Waals surface area contributed by atoms with E-state index in [1.165, 1.54) is 6.33 Å². The fourth-order valence-electron chi connectivity index (χ4n) is 4.15. The predicted molar refractivity (Wildman–Crippen MR) is 134 cm³/mol. The molecule has 0 radical (unpaired) electrons. The largest absolute Gasteiger partial charge is 0.383 e. The second-order valence-electron chi connectivity index (χ2n) is 9.43. The molecule has 0 spiro atoms. The Bertz CT molecular complexity index is 1330. The van der Waals surface area contributed by atoms with E-state index in [1.54, 1.807) is 23.1 Å². The van der Waals surface area contributed by atoms with Crippen molar-refractivity contribution in [3.63, 3.8) is 0 Å². The number of nitrogens with two attached hydrogens (primary N) is 1. The fourth-order valence-corrected chi connectivity index (χ4v) is 4.45. The molecule has 3 aromatic rings. The lowest BCUT2D eigenvalue weighted by molar-refractivity contribution is -0.128. The third-order valence-electron chi connectivity index (χ3n) is 5.65. The molecule has 1 aliphatic heterocycles. The first kappa shape index (κ1) is 24.0. The summed E-state index contributed by atoms with van der Waals surface area (Å²) < 4.78 is 1.82. The molecule has 34 heavy (non-hydrogen) atoms. The van der Waals surface area contributed by atoms with Gasteiger partial charge in [0.2, 0.25) is 5.70 Å². The summed E-state index contributed by atoms with van der Waals surface area (Å²) in [6, 6.07) is 5.13. The van der Waals surface area contributed by atoms with Gasteiger partial charge in [0, 0.05) is 18.7 Å². The summed E-state index contributed by atoms with van der Waals surface area (Å²) in [4.78, 5) is 27.0. The van der Waals surface area contributed by atoms with Crippen LogP contribution in [0.15, 0.2) is 36.3 Å². The third kappa shape index (κ3) is 4.72. The minimum atomic E-state index is -0.272. The molecule has 8 nitrogen and oxygen atoms in total. The molecule has 1 fully saturated rings. The first-order valence-electron chi connectivity index (χ1n) is 10.9. The number of hydrogen-bond donors (Lipinski definition) is 1. The summed E-state index contributed by atoms with van der Waals surface area (Å²) in [6.45, 7) is 14.4. The van der Waals surface area contributed by atoms with E-state index in [9.17, 15) is 4.79 Å². The van der Waals surface area contributed by atoms with Crippen molar-refractivity contribution in [2.45, 2.75) is 39.7 Å². The van der Waals surface area contributed by atoms with Gasteiger partial charge < -0.3 is 10.6 Å². The summed E-state index contributed by atoms with van der Waals surface area (Å²) in [5.74, 6) is 0.0504. The highest BCUT2D eigenvalue weighted by Gasteiger charge is 2.30. The number of carbonyl (C=O) groups excluding carboxylic acids is 1. The smallest absolute Gasteiger partial charge is 0.252 e. The molecule has 1 atom stereocenters. The minimum Gasteiger partial charge on any atom is -0.383 e. The lowest BCUT2D eigenvalue weighted by Crippen LogP contribution is -2.41. The fraction of sp³-hybridized carbons (Fsp3) is 0.375. The minimum absolute atomic E-state index is 0.132. The lowest BCUT2D eigenvalue weighted by atomic mass is 9.95. The molecule has 176 valence electrons. The van der Waals surface area contributed by atoms with E-state index in [0.717, 1.165) is 18.4 Å². The molecule has 0 aliphatic carbocycles. The van der Waals surface area contributed by atoms with Crippen LogP contribution in [0.3, 0.4) is 0 Å². The Morgan fingerprint density at radius 3 is 2.71 bits per heavy atom. The van der Waals surface area contributed by atoms with E-state index in [-0.39, 0.29) is 23.1 Å². The van der Waals surface area contributed by atoms with Crippen molar-refractivity contribution in [1.29, 1.82) is 0 Å². The monoisotopic (exact) mass is 497 g/mol. The molecule has 3 heterocycles. The number of benzene rings is 1. The van der Waals surface area contributed by atoms with Crippen molar-refractivity contribution >= 4 is 46.0 Å². The number of amides is 1. The second-order valence-corrected chi connectivity index (χ2v) is 10.2. The van der Waals surface area contributed by atoms with Crippen LogP contribution >= 0.6 is 23.2 Å². The van der Waals surface area contributed by atoms with E-state index in [1.807, 2.05) is 31.5 Å². The molecule has 1 aromatic carbocycles. The standard InChI is InChI=1S/C24H25Cl2N7O/c1-24(2,3)11-18(28-4)23(34)32-9-5-6-15(12-32)33-22-19(21(27)29-13-30-22)20(31-33)14-7-8-16(25)17(26)10-14/h7-8,10-11,13,15H,5-6,9,12H2,1-3H3,(H2,27,29,30)/b18-11-/t15-/m1/s1. The number of rotatable bonds is 3. The number of carbonyl (C=O) groups is 1. The normalized spacial score (nSPS) is 17.1. The molecule has 0 saturated carbocycles. The Morgan fingerprint density at radius 2 is 2.03 bits per heavy atom. The number of nitrogens with zero attached hydrogens (tertiary/aromatic N) is 6. The zero-order valence-electron chi connectivity index (χ0n) is 19.2. The number of aromatic nitrogens is 4. The van der Waals surface area contributed by atoms with Gasteiger partial charge in [-0.25, -0.2) is 19.5 Å². The average molecular weight is 498 g/mol. The zero-order chi connectivity index (χ0) is 24.6. The highest BCUT2D eigenvalue weighted by molar-refractivity contribution is 6.42. The quantitative estimate of drug-likeness (QED) is 0.386. The summed E-state index contributed by atoms with van der Waals surface area (Å²) >= 11 is 12.3. The third-order valence-corrected chi connectivity index (χ3v) is 6.39. The SMILES string of the molecule is [C-]#[N+]/C(=C\C(C)(C)C)C(=O)N1CCC[C@@H](n2nc(-c3ccc(Cl)c(Cl)c3)c3c(N)ncnc32)C1. The molecular weight excluding hydrogens is 473 g/mol. The van der Waals surface area contributed by atoms with Gasteiger partial charge in [0.25, 0.3) is 5.91 Å². The van der Waals surface area contributed by atoms with Gasteiger partial charge in [-0.2, -0.15) is 5.10 Å². The molecule has 1 amide bonds. The molecule has 2 N–H and O–H groups in total. The summed E-state index contributed by atoms with van der Waals surface area (Å²) in [7, 11) is 0. The number of halogens is 2. The van der Waals surface area contributed by atoms with Crippen LogP contribution in [0.4, 0.5) is 5.82 Å². The highest BCUT2D eigenvalue weighted by Crippen LogP contribution is 2.36. The van der Waals surface area contributed by atoms with Crippen molar-refractivity contribution < 1.29 is 4.79 Å². The molecule has 2 aromatic heterocycles. The van der Waals surface area contributed by atoms with Crippen LogP contribution < -0.4 is 5.73 Å². The molecule has 1 saturated heterocycles. The Balaban J connectivity index is 1.74. The van der Waals surface area contributed by atoms with Crippen LogP contribution in [0.25, 0.3) is 27.1 Å². The van der Waals surface area contributed by atoms with Crippen molar-refractivity contribution in [1.82, 2.24) is 24.6 Å². The zero-order valence-corrected chi connectivity index (χ0v) is 20.7. The van der Waals surface area contributed by atoms with Crippen molar-refractivity contribution in [3.8, 4) is 11.3 Å². The van der Waals surface area contributed by atoms with Crippen molar-refractivity contribution in [2.24, 2.45) is 5.41 Å². The molecule has 0 bridgehead atoms. The van der Waals surface area contributed by atoms with E-state index >= 15 is 0 Å². The van der Waals surface area contributed by atoms with Crippen LogP contribution in [-0.4, -0.2) is 43.6 Å². The van der Waals surface area contributed by atoms with Crippen LogP contribution in [-0.2, 0) is 4.79 Å². The lowest BCUT2D eigenvalue weighted by Gasteiger charge is -2.33. The van der Waals surface area contributed by atoms with Gasteiger partial charge in [0.05, 0.1) is 28.0 Å². The summed E-state index contributed by atoms with van der Waals surface area (Å²) in [5.41, 5.74) is 8.03. The number of likely N-dealkylation sites (tertiary alicyclic amines) is 1. The molecule has 10 heteroatoms. The maximum Gasteiger partial charge on any atom is 0.252 e. The van der Waals surface area contributed by atoms with Crippen molar-refractivity contribution in [3.05, 3.63) is 57.8 Å². The predicted octanol–water partition coefficient (Wildman–Crippen LogP) is 5.40. The van der Waals surface area contributed by atoms with E-state index in [0.29, 0.717) is 45.7 Å². The van der Waals surface area contributed by atoms with Gasteiger partial charge in [-0.1, -0.05) is 56.1 Å². The van der Waals surface area contributed by atoms with Crippen LogP contribution in [0.2, 0.25) is 10.0 Å². The topological polar surface area (TPSA) is 94.3 Å². The first-order chi connectivity index (χ1) is 16.1. The van der Waals surface area contributed by atoms with E-state index in [2.05, 4.69) is 14.8 Å². The Morgan fingerprint density at radius 1 is 1.26 bits per heavy atom. The number of nitrogen functional groups attached to an aromatic ring is 1. The van der Waals surface area contributed by atoms with Gasteiger partial charge in [-0.15, -0.1) is 0 Å².